The molecule has 0 amide bonds. The van der Waals surface area contributed by atoms with Crippen LogP contribution in [-0.4, -0.2) is 24.5 Å². The third-order valence-corrected chi connectivity index (χ3v) is 3.77. The number of aromatic nitrogens is 2. The second-order valence-electron chi connectivity index (χ2n) is 4.84. The van der Waals surface area contributed by atoms with Crippen LogP contribution in [0, 0.1) is 5.41 Å². The predicted molar refractivity (Wildman–Crippen MR) is 62.9 cm³/mol. The zero-order valence-electron chi connectivity index (χ0n) is 9.78. The maximum atomic E-state index is 11.8. The van der Waals surface area contributed by atoms with E-state index < -0.39 is 10.0 Å². The van der Waals surface area contributed by atoms with Crippen molar-refractivity contribution < 1.29 is 8.42 Å². The first-order valence-corrected chi connectivity index (χ1v) is 6.66. The van der Waals surface area contributed by atoms with Gasteiger partial charge < -0.3 is 4.57 Å². The number of halogens is 1. The molecule has 1 aromatic heterocycles. The van der Waals surface area contributed by atoms with Gasteiger partial charge in [-0.15, -0.1) is 0 Å². The average molecular weight is 266 g/mol. The molecule has 0 atom stereocenters. The minimum atomic E-state index is -3.62. The van der Waals surface area contributed by atoms with Crippen molar-refractivity contribution in [2.45, 2.75) is 25.8 Å². The monoisotopic (exact) mass is 265 g/mol. The lowest BCUT2D eigenvalue weighted by Crippen LogP contribution is -2.32. The summed E-state index contributed by atoms with van der Waals surface area (Å²) in [4.78, 5) is 3.77. The first kappa shape index (κ1) is 13.5. The molecular weight excluding hydrogens is 250 g/mol. The van der Waals surface area contributed by atoms with Crippen molar-refractivity contribution in [1.29, 1.82) is 0 Å². The summed E-state index contributed by atoms with van der Waals surface area (Å²) < 4.78 is 27.6. The Balaban J connectivity index is 2.92. The van der Waals surface area contributed by atoms with Gasteiger partial charge in [0, 0.05) is 13.6 Å². The summed E-state index contributed by atoms with van der Waals surface area (Å²) in [5.74, 6) is 0. The fraction of sp³-hybridized carbons (Fsp3) is 0.667. The summed E-state index contributed by atoms with van der Waals surface area (Å²) in [6, 6.07) is 0. The Labute approximate surface area is 101 Å². The van der Waals surface area contributed by atoms with Crippen LogP contribution in [0.3, 0.4) is 0 Å². The highest BCUT2D eigenvalue weighted by molar-refractivity contribution is 7.89. The van der Waals surface area contributed by atoms with E-state index in [1.54, 1.807) is 7.05 Å². The third-order valence-electron chi connectivity index (χ3n) is 1.88. The van der Waals surface area contributed by atoms with Crippen LogP contribution in [0.1, 0.15) is 20.8 Å². The van der Waals surface area contributed by atoms with E-state index >= 15 is 0 Å². The summed E-state index contributed by atoms with van der Waals surface area (Å²) >= 11 is 5.82. The van der Waals surface area contributed by atoms with Crippen LogP contribution in [0.5, 0.6) is 0 Å². The molecule has 0 spiro atoms. The molecule has 1 rings (SSSR count). The van der Waals surface area contributed by atoms with Crippen molar-refractivity contribution in [2.75, 3.05) is 6.54 Å². The van der Waals surface area contributed by atoms with Crippen LogP contribution in [0.15, 0.2) is 11.4 Å². The smallest absolute Gasteiger partial charge is 0.261 e. The minimum Gasteiger partial charge on any atom is -0.324 e. The van der Waals surface area contributed by atoms with E-state index in [9.17, 15) is 8.42 Å². The van der Waals surface area contributed by atoms with Gasteiger partial charge in [0.1, 0.15) is 5.15 Å². The number of aryl methyl sites for hydroxylation is 1. The Morgan fingerprint density at radius 2 is 2.06 bits per heavy atom. The molecule has 5 nitrogen and oxygen atoms in total. The van der Waals surface area contributed by atoms with Crippen LogP contribution in [-0.2, 0) is 17.1 Å². The van der Waals surface area contributed by atoms with Crippen LogP contribution in [0.25, 0.3) is 0 Å². The molecule has 0 aromatic carbocycles. The Bertz CT molecular complexity index is 473. The Morgan fingerprint density at radius 1 is 1.50 bits per heavy atom. The van der Waals surface area contributed by atoms with Gasteiger partial charge in [-0.25, -0.2) is 18.1 Å². The Hall–Kier alpha value is -0.590. The van der Waals surface area contributed by atoms with Crippen molar-refractivity contribution >= 4 is 21.6 Å². The van der Waals surface area contributed by atoms with Gasteiger partial charge in [0.05, 0.1) is 6.33 Å². The highest BCUT2D eigenvalue weighted by Gasteiger charge is 2.24. The van der Waals surface area contributed by atoms with Crippen LogP contribution in [0.4, 0.5) is 0 Å². The van der Waals surface area contributed by atoms with E-state index in [0.717, 1.165) is 0 Å². The molecule has 0 unspecified atom stereocenters. The molecule has 0 fully saturated rings. The molecule has 0 radical (unpaired) electrons. The van der Waals surface area contributed by atoms with Gasteiger partial charge in [0.25, 0.3) is 10.0 Å². The zero-order valence-corrected chi connectivity index (χ0v) is 11.4. The predicted octanol–water partition coefficient (Wildman–Crippen LogP) is 1.40. The first-order chi connectivity index (χ1) is 7.13. The molecule has 92 valence electrons. The molecule has 1 N–H and O–H groups in total. The highest BCUT2D eigenvalue weighted by atomic mass is 35.5. The van der Waals surface area contributed by atoms with Crippen LogP contribution in [0.2, 0.25) is 5.15 Å². The summed E-state index contributed by atoms with van der Waals surface area (Å²) in [6.45, 7) is 6.16. The number of imidazole rings is 1. The van der Waals surface area contributed by atoms with E-state index in [2.05, 4.69) is 9.71 Å². The topological polar surface area (TPSA) is 64.0 Å². The number of hydrogen-bond donors (Lipinski definition) is 1. The van der Waals surface area contributed by atoms with Gasteiger partial charge in [0.2, 0.25) is 5.03 Å². The Kier molecular flexibility index (Phi) is 3.66. The third kappa shape index (κ3) is 3.20. The number of nitrogens with one attached hydrogen (secondary N) is 1. The van der Waals surface area contributed by atoms with Crippen molar-refractivity contribution in [2.24, 2.45) is 12.5 Å². The summed E-state index contributed by atoms with van der Waals surface area (Å²) in [5, 5.41) is -0.0117. The number of hydrogen-bond acceptors (Lipinski definition) is 3. The van der Waals surface area contributed by atoms with Gasteiger partial charge in [0.15, 0.2) is 0 Å². The fourth-order valence-electron chi connectivity index (χ4n) is 0.954. The summed E-state index contributed by atoms with van der Waals surface area (Å²) in [7, 11) is -1.98. The van der Waals surface area contributed by atoms with Gasteiger partial charge in [-0.1, -0.05) is 32.4 Å². The standard InChI is InChI=1S/C9H16ClN3O2S/c1-9(2,3)5-12-16(14,15)8-7(10)13(4)6-11-8/h6,12H,5H2,1-4H3. The molecule has 1 aromatic rings. The molecule has 1 heterocycles. The second kappa shape index (κ2) is 4.35. The number of sulfonamides is 1. The van der Waals surface area contributed by atoms with Gasteiger partial charge in [-0.2, -0.15) is 0 Å². The molecule has 7 heteroatoms. The van der Waals surface area contributed by atoms with Crippen LogP contribution >= 0.6 is 11.6 Å². The van der Waals surface area contributed by atoms with E-state index in [-0.39, 0.29) is 15.6 Å². The van der Waals surface area contributed by atoms with Gasteiger partial charge >= 0.3 is 0 Å². The summed E-state index contributed by atoms with van der Waals surface area (Å²) in [5.41, 5.74) is -0.131. The van der Waals surface area contributed by atoms with Crippen molar-refractivity contribution in [3.05, 3.63) is 11.5 Å². The zero-order chi connectivity index (χ0) is 12.6. The Morgan fingerprint density at radius 3 is 2.44 bits per heavy atom. The molecule has 0 saturated heterocycles. The lowest BCUT2D eigenvalue weighted by Gasteiger charge is -2.18. The van der Waals surface area contributed by atoms with Gasteiger partial charge in [-0.3, -0.25) is 0 Å². The fourth-order valence-corrected chi connectivity index (χ4v) is 2.66. The lowest BCUT2D eigenvalue weighted by molar-refractivity contribution is 0.407. The molecule has 0 aliphatic heterocycles. The van der Waals surface area contributed by atoms with E-state index in [4.69, 9.17) is 11.6 Å². The van der Waals surface area contributed by atoms with Crippen molar-refractivity contribution in [1.82, 2.24) is 14.3 Å². The number of rotatable bonds is 3. The van der Waals surface area contributed by atoms with Crippen LogP contribution < -0.4 is 4.72 Å². The molecule has 16 heavy (non-hydrogen) atoms. The van der Waals surface area contributed by atoms with Crippen molar-refractivity contribution in [3.8, 4) is 0 Å². The first-order valence-electron chi connectivity index (χ1n) is 4.80. The van der Waals surface area contributed by atoms with Gasteiger partial charge in [-0.05, 0) is 5.41 Å². The molecule has 0 bridgehead atoms. The molecule has 0 aliphatic carbocycles. The SMILES string of the molecule is Cn1cnc(S(=O)(=O)NCC(C)(C)C)c1Cl. The summed E-state index contributed by atoms with van der Waals surface area (Å²) in [6.07, 6.45) is 1.37. The van der Waals surface area contributed by atoms with Crippen molar-refractivity contribution in [3.63, 3.8) is 0 Å². The molecule has 0 saturated carbocycles. The van der Waals surface area contributed by atoms with E-state index in [0.29, 0.717) is 6.54 Å². The highest BCUT2D eigenvalue weighted by Crippen LogP contribution is 2.19. The largest absolute Gasteiger partial charge is 0.324 e. The maximum Gasteiger partial charge on any atom is 0.261 e. The normalized spacial score (nSPS) is 13.1. The second-order valence-corrected chi connectivity index (χ2v) is 6.88. The van der Waals surface area contributed by atoms with E-state index in [1.807, 2.05) is 20.8 Å². The average Bonchev–Trinajstić information content (AvgIpc) is 2.44. The molecule has 0 aliphatic rings. The maximum absolute atomic E-state index is 11.8. The molecular formula is C9H16ClN3O2S. The van der Waals surface area contributed by atoms with E-state index in [1.165, 1.54) is 10.9 Å². The quantitative estimate of drug-likeness (QED) is 0.899. The number of nitrogens with zero attached hydrogens (tertiary/aromatic N) is 2. The lowest BCUT2D eigenvalue weighted by atomic mass is 9.98. The minimum absolute atomic E-state index is 0.112.